The van der Waals surface area contributed by atoms with Crippen LogP contribution < -0.4 is 14.2 Å². The summed E-state index contributed by atoms with van der Waals surface area (Å²) in [6.07, 6.45) is 0. The summed E-state index contributed by atoms with van der Waals surface area (Å²) in [5.41, 5.74) is 0.500. The first-order chi connectivity index (χ1) is 8.26. The molecule has 0 radical (unpaired) electrons. The number of rotatable bonds is 6. The van der Waals surface area contributed by atoms with Crippen LogP contribution in [0.25, 0.3) is 0 Å². The molecule has 0 fully saturated rings. The second-order valence-electron chi connectivity index (χ2n) is 3.21. The Balaban J connectivity index is 3.23. The van der Waals surface area contributed by atoms with Gasteiger partial charge in [0.05, 0.1) is 31.5 Å². The molecule has 0 aliphatic carbocycles. The minimum absolute atomic E-state index is 0.500. The van der Waals surface area contributed by atoms with E-state index in [1.165, 1.54) is 0 Å². The van der Waals surface area contributed by atoms with Gasteiger partial charge in [0.1, 0.15) is 0 Å². The Labute approximate surface area is 102 Å². The first-order valence-electron chi connectivity index (χ1n) is 5.73. The van der Waals surface area contributed by atoms with Crippen molar-refractivity contribution in [1.82, 2.24) is 0 Å². The second-order valence-corrected chi connectivity index (χ2v) is 3.21. The van der Waals surface area contributed by atoms with Gasteiger partial charge in [-0.3, -0.25) is 0 Å². The molecule has 0 saturated heterocycles. The third-order valence-electron chi connectivity index (χ3n) is 2.04. The Kier molecular flexibility index (Phi) is 5.15. The van der Waals surface area contributed by atoms with Crippen molar-refractivity contribution in [3.05, 3.63) is 17.7 Å². The maximum absolute atomic E-state index is 8.94. The third kappa shape index (κ3) is 3.28. The molecule has 0 bridgehead atoms. The highest BCUT2D eigenvalue weighted by Gasteiger charge is 2.14. The van der Waals surface area contributed by atoms with Crippen LogP contribution in [0.4, 0.5) is 0 Å². The molecule has 0 saturated carbocycles. The van der Waals surface area contributed by atoms with Crippen LogP contribution in [0.5, 0.6) is 17.2 Å². The van der Waals surface area contributed by atoms with Gasteiger partial charge in [-0.05, 0) is 20.8 Å². The number of nitriles is 1. The van der Waals surface area contributed by atoms with E-state index < -0.39 is 0 Å². The first-order valence-corrected chi connectivity index (χ1v) is 5.73. The lowest BCUT2D eigenvalue weighted by Gasteiger charge is -2.15. The average molecular weight is 235 g/mol. The number of nitrogens with zero attached hydrogens (tertiary/aromatic N) is 1. The van der Waals surface area contributed by atoms with Gasteiger partial charge < -0.3 is 14.2 Å². The molecule has 4 nitrogen and oxygen atoms in total. The molecule has 0 aliphatic heterocycles. The zero-order valence-corrected chi connectivity index (χ0v) is 10.4. The Morgan fingerprint density at radius 1 is 0.941 bits per heavy atom. The Morgan fingerprint density at radius 2 is 1.41 bits per heavy atom. The van der Waals surface area contributed by atoms with Crippen LogP contribution in [0.1, 0.15) is 26.3 Å². The molecule has 0 N–H and O–H groups in total. The minimum Gasteiger partial charge on any atom is -0.490 e. The lowest BCUT2D eigenvalue weighted by molar-refractivity contribution is 0.260. The molecule has 0 aliphatic rings. The number of hydrogen-bond acceptors (Lipinski definition) is 4. The van der Waals surface area contributed by atoms with E-state index in [0.29, 0.717) is 42.6 Å². The van der Waals surface area contributed by atoms with Gasteiger partial charge >= 0.3 is 0 Å². The summed E-state index contributed by atoms with van der Waals surface area (Å²) >= 11 is 0. The smallest absolute Gasteiger partial charge is 0.203 e. The minimum atomic E-state index is 0.500. The quantitative estimate of drug-likeness (QED) is 0.760. The highest BCUT2D eigenvalue weighted by atomic mass is 16.5. The molecule has 0 spiro atoms. The van der Waals surface area contributed by atoms with Crippen LogP contribution in [0, 0.1) is 11.3 Å². The fourth-order valence-electron chi connectivity index (χ4n) is 1.45. The highest BCUT2D eigenvalue weighted by molar-refractivity contribution is 5.56. The Hall–Kier alpha value is -1.89. The molecule has 0 amide bonds. The molecule has 0 aromatic heterocycles. The van der Waals surface area contributed by atoms with E-state index in [1.807, 2.05) is 20.8 Å². The standard InChI is InChI=1S/C13H17NO3/c1-4-15-11-7-10(9-14)8-12(16-5-2)13(11)17-6-3/h7-8H,4-6H2,1-3H3. The van der Waals surface area contributed by atoms with E-state index in [1.54, 1.807) is 12.1 Å². The summed E-state index contributed by atoms with van der Waals surface area (Å²) in [5.74, 6) is 1.67. The van der Waals surface area contributed by atoms with E-state index in [9.17, 15) is 0 Å². The van der Waals surface area contributed by atoms with E-state index in [2.05, 4.69) is 6.07 Å². The van der Waals surface area contributed by atoms with E-state index >= 15 is 0 Å². The van der Waals surface area contributed by atoms with Gasteiger partial charge in [-0.2, -0.15) is 5.26 Å². The highest BCUT2D eigenvalue weighted by Crippen LogP contribution is 2.38. The van der Waals surface area contributed by atoms with Crippen LogP contribution in [-0.4, -0.2) is 19.8 Å². The van der Waals surface area contributed by atoms with Crippen LogP contribution in [0.3, 0.4) is 0 Å². The summed E-state index contributed by atoms with van der Waals surface area (Å²) in [6.45, 7) is 7.21. The number of benzene rings is 1. The van der Waals surface area contributed by atoms with E-state index in [0.717, 1.165) is 0 Å². The predicted molar refractivity (Wildman–Crippen MR) is 64.7 cm³/mol. The van der Waals surface area contributed by atoms with Crippen LogP contribution in [0.2, 0.25) is 0 Å². The van der Waals surface area contributed by atoms with Crippen molar-refractivity contribution in [2.24, 2.45) is 0 Å². The normalized spacial score (nSPS) is 9.53. The SMILES string of the molecule is CCOc1cc(C#N)cc(OCC)c1OCC. The van der Waals surface area contributed by atoms with Gasteiger partial charge in [0, 0.05) is 12.1 Å². The van der Waals surface area contributed by atoms with Crippen molar-refractivity contribution in [1.29, 1.82) is 5.26 Å². The van der Waals surface area contributed by atoms with Gasteiger partial charge in [-0.15, -0.1) is 0 Å². The molecule has 1 aromatic rings. The van der Waals surface area contributed by atoms with Crippen molar-refractivity contribution in [3.8, 4) is 23.3 Å². The lowest BCUT2D eigenvalue weighted by Crippen LogP contribution is -2.03. The molecule has 17 heavy (non-hydrogen) atoms. The van der Waals surface area contributed by atoms with Crippen LogP contribution in [-0.2, 0) is 0 Å². The summed E-state index contributed by atoms with van der Waals surface area (Å²) in [5, 5.41) is 8.94. The molecule has 1 aromatic carbocycles. The molecular formula is C13H17NO3. The molecule has 92 valence electrons. The first kappa shape index (κ1) is 13.2. The Morgan fingerprint density at radius 3 is 1.76 bits per heavy atom. The van der Waals surface area contributed by atoms with Crippen molar-refractivity contribution in [3.63, 3.8) is 0 Å². The Bertz CT molecular complexity index is 383. The van der Waals surface area contributed by atoms with E-state index in [-0.39, 0.29) is 0 Å². The number of ether oxygens (including phenoxy) is 3. The van der Waals surface area contributed by atoms with Gasteiger partial charge in [-0.1, -0.05) is 0 Å². The van der Waals surface area contributed by atoms with Gasteiger partial charge in [-0.25, -0.2) is 0 Å². The van der Waals surface area contributed by atoms with Crippen molar-refractivity contribution >= 4 is 0 Å². The molecule has 1 rings (SSSR count). The van der Waals surface area contributed by atoms with Crippen molar-refractivity contribution in [2.75, 3.05) is 19.8 Å². The molecule has 4 heteroatoms. The largest absolute Gasteiger partial charge is 0.490 e. The fourth-order valence-corrected chi connectivity index (χ4v) is 1.45. The average Bonchev–Trinajstić information content (AvgIpc) is 2.33. The summed E-state index contributed by atoms with van der Waals surface area (Å²) in [4.78, 5) is 0. The van der Waals surface area contributed by atoms with Gasteiger partial charge in [0.15, 0.2) is 11.5 Å². The second kappa shape index (κ2) is 6.64. The summed E-state index contributed by atoms with van der Waals surface area (Å²) in [6, 6.07) is 5.41. The van der Waals surface area contributed by atoms with E-state index in [4.69, 9.17) is 19.5 Å². The third-order valence-corrected chi connectivity index (χ3v) is 2.04. The summed E-state index contributed by atoms with van der Waals surface area (Å²) in [7, 11) is 0. The van der Waals surface area contributed by atoms with Crippen LogP contribution >= 0.6 is 0 Å². The summed E-state index contributed by atoms with van der Waals surface area (Å²) < 4.78 is 16.4. The van der Waals surface area contributed by atoms with Crippen LogP contribution in [0.15, 0.2) is 12.1 Å². The molecule has 0 atom stereocenters. The van der Waals surface area contributed by atoms with Gasteiger partial charge in [0.25, 0.3) is 0 Å². The topological polar surface area (TPSA) is 51.5 Å². The fraction of sp³-hybridized carbons (Fsp3) is 0.462. The maximum Gasteiger partial charge on any atom is 0.203 e. The molecule has 0 unspecified atom stereocenters. The zero-order chi connectivity index (χ0) is 12.7. The zero-order valence-electron chi connectivity index (χ0n) is 10.4. The molecule has 0 heterocycles. The molecular weight excluding hydrogens is 218 g/mol. The van der Waals surface area contributed by atoms with Crippen molar-refractivity contribution < 1.29 is 14.2 Å². The van der Waals surface area contributed by atoms with Crippen molar-refractivity contribution in [2.45, 2.75) is 20.8 Å². The number of hydrogen-bond donors (Lipinski definition) is 0. The lowest BCUT2D eigenvalue weighted by atomic mass is 10.2. The monoisotopic (exact) mass is 235 g/mol. The van der Waals surface area contributed by atoms with Gasteiger partial charge in [0.2, 0.25) is 5.75 Å². The predicted octanol–water partition coefficient (Wildman–Crippen LogP) is 2.75. The maximum atomic E-state index is 8.94.